The molecule has 0 nitrogen and oxygen atoms in total. The van der Waals surface area contributed by atoms with Crippen LogP contribution in [0.2, 0.25) is 0 Å². The molecular weight excluding hydrogens is 204 g/mol. The first-order valence-corrected chi connectivity index (χ1v) is 7.12. The minimum atomic E-state index is 1.23. The maximum atomic E-state index is 2.31. The second kappa shape index (κ2) is 7.53. The highest BCUT2D eigenvalue weighted by molar-refractivity contribution is 5.44. The molecule has 0 heterocycles. The fourth-order valence-corrected chi connectivity index (χ4v) is 2.45. The van der Waals surface area contributed by atoms with E-state index in [4.69, 9.17) is 0 Å². The Morgan fingerprint density at radius 3 is 1.71 bits per heavy atom. The van der Waals surface area contributed by atoms with Gasteiger partial charge in [0.2, 0.25) is 0 Å². The maximum absolute atomic E-state index is 2.31. The van der Waals surface area contributed by atoms with Gasteiger partial charge in [0.05, 0.1) is 0 Å². The van der Waals surface area contributed by atoms with Gasteiger partial charge in [-0.05, 0) is 48.3 Å². The molecule has 0 aromatic heterocycles. The summed E-state index contributed by atoms with van der Waals surface area (Å²) in [6, 6.07) is 6.86. The van der Waals surface area contributed by atoms with Gasteiger partial charge < -0.3 is 0 Å². The van der Waals surface area contributed by atoms with E-state index in [0.29, 0.717) is 0 Å². The SMILES string of the molecule is CCCCc1cccc(CCCC)c1[C](C)C. The molecule has 1 radical (unpaired) electrons. The third-order valence-electron chi connectivity index (χ3n) is 3.34. The highest BCUT2D eigenvalue weighted by atomic mass is 14.2. The summed E-state index contributed by atoms with van der Waals surface area (Å²) >= 11 is 0. The summed E-state index contributed by atoms with van der Waals surface area (Å²) < 4.78 is 0. The van der Waals surface area contributed by atoms with Gasteiger partial charge in [0.1, 0.15) is 0 Å². The highest BCUT2D eigenvalue weighted by Crippen LogP contribution is 2.26. The lowest BCUT2D eigenvalue weighted by atomic mass is 9.88. The third kappa shape index (κ3) is 4.18. The van der Waals surface area contributed by atoms with Crippen LogP contribution >= 0.6 is 0 Å². The Hall–Kier alpha value is -0.780. The van der Waals surface area contributed by atoms with Crippen molar-refractivity contribution in [2.45, 2.75) is 66.2 Å². The van der Waals surface area contributed by atoms with Gasteiger partial charge in [0.25, 0.3) is 0 Å². The van der Waals surface area contributed by atoms with Crippen molar-refractivity contribution in [3.8, 4) is 0 Å². The molecule has 0 aliphatic carbocycles. The predicted molar refractivity (Wildman–Crippen MR) is 77.4 cm³/mol. The van der Waals surface area contributed by atoms with E-state index < -0.39 is 0 Å². The first kappa shape index (κ1) is 14.3. The molecule has 0 N–H and O–H groups in total. The van der Waals surface area contributed by atoms with Crippen molar-refractivity contribution in [1.29, 1.82) is 0 Å². The van der Waals surface area contributed by atoms with Gasteiger partial charge in [-0.3, -0.25) is 0 Å². The van der Waals surface area contributed by atoms with Crippen LogP contribution in [0.5, 0.6) is 0 Å². The Bertz CT molecular complexity index is 297. The van der Waals surface area contributed by atoms with E-state index in [2.05, 4.69) is 45.9 Å². The van der Waals surface area contributed by atoms with Gasteiger partial charge in [0, 0.05) is 0 Å². The predicted octanol–water partition coefficient (Wildman–Crippen LogP) is 5.33. The van der Waals surface area contributed by atoms with Crippen molar-refractivity contribution in [2.24, 2.45) is 0 Å². The smallest absolute Gasteiger partial charge is 0.000639 e. The summed E-state index contributed by atoms with van der Waals surface area (Å²) in [5.41, 5.74) is 4.66. The monoisotopic (exact) mass is 231 g/mol. The molecule has 0 fully saturated rings. The first-order chi connectivity index (χ1) is 8.20. The molecule has 0 spiro atoms. The van der Waals surface area contributed by atoms with Gasteiger partial charge in [0.15, 0.2) is 0 Å². The zero-order valence-corrected chi connectivity index (χ0v) is 12.0. The van der Waals surface area contributed by atoms with Gasteiger partial charge in [-0.2, -0.15) is 0 Å². The lowest BCUT2D eigenvalue weighted by Gasteiger charge is -2.17. The van der Waals surface area contributed by atoms with Crippen LogP contribution in [-0.2, 0) is 12.8 Å². The lowest BCUT2D eigenvalue weighted by Crippen LogP contribution is -2.03. The van der Waals surface area contributed by atoms with E-state index in [0.717, 1.165) is 0 Å². The molecule has 0 bridgehead atoms. The van der Waals surface area contributed by atoms with E-state index in [9.17, 15) is 0 Å². The molecule has 0 unspecified atom stereocenters. The largest absolute Gasteiger partial charge is 0.0654 e. The molecule has 95 valence electrons. The fraction of sp³-hybridized carbons (Fsp3) is 0.588. The Labute approximate surface area is 107 Å². The molecule has 0 saturated carbocycles. The van der Waals surface area contributed by atoms with Crippen molar-refractivity contribution in [2.75, 3.05) is 0 Å². The van der Waals surface area contributed by atoms with Crippen LogP contribution in [0.4, 0.5) is 0 Å². The lowest BCUT2D eigenvalue weighted by molar-refractivity contribution is 0.769. The highest BCUT2D eigenvalue weighted by Gasteiger charge is 2.11. The minimum Gasteiger partial charge on any atom is -0.0654 e. The summed E-state index contributed by atoms with van der Waals surface area (Å²) in [6.45, 7) is 9.03. The average Bonchev–Trinajstić information content (AvgIpc) is 2.33. The summed E-state index contributed by atoms with van der Waals surface area (Å²) in [7, 11) is 0. The average molecular weight is 231 g/mol. The van der Waals surface area contributed by atoms with E-state index in [-0.39, 0.29) is 0 Å². The summed E-state index contributed by atoms with van der Waals surface area (Å²) in [4.78, 5) is 0. The number of hydrogen-bond acceptors (Lipinski definition) is 0. The molecular formula is C17H27. The zero-order valence-electron chi connectivity index (χ0n) is 12.0. The van der Waals surface area contributed by atoms with Crippen molar-refractivity contribution < 1.29 is 0 Å². The maximum Gasteiger partial charge on any atom is -0.000639 e. The second-order valence-electron chi connectivity index (χ2n) is 5.16. The molecule has 1 aromatic rings. The van der Waals surface area contributed by atoms with Crippen molar-refractivity contribution in [1.82, 2.24) is 0 Å². The number of benzene rings is 1. The summed E-state index contributed by atoms with van der Waals surface area (Å²) in [6.07, 6.45) is 7.63. The second-order valence-corrected chi connectivity index (χ2v) is 5.16. The summed E-state index contributed by atoms with van der Waals surface area (Å²) in [5, 5.41) is 0. The number of rotatable bonds is 7. The number of hydrogen-bond donors (Lipinski definition) is 0. The van der Waals surface area contributed by atoms with Gasteiger partial charge >= 0.3 is 0 Å². The van der Waals surface area contributed by atoms with Crippen LogP contribution in [-0.4, -0.2) is 0 Å². The number of unbranched alkanes of at least 4 members (excludes halogenated alkanes) is 2. The fourth-order valence-electron chi connectivity index (χ4n) is 2.45. The molecule has 1 rings (SSSR count). The summed E-state index contributed by atoms with van der Waals surface area (Å²) in [5.74, 6) is 1.47. The van der Waals surface area contributed by atoms with Crippen LogP contribution < -0.4 is 0 Å². The molecule has 1 aromatic carbocycles. The third-order valence-corrected chi connectivity index (χ3v) is 3.34. The van der Waals surface area contributed by atoms with Gasteiger partial charge in [-0.15, -0.1) is 0 Å². The molecule has 0 heteroatoms. The molecule has 0 amide bonds. The molecule has 0 saturated heterocycles. The van der Waals surface area contributed by atoms with Gasteiger partial charge in [-0.25, -0.2) is 0 Å². The molecule has 0 aliphatic rings. The topological polar surface area (TPSA) is 0 Å². The Balaban J connectivity index is 2.95. The zero-order chi connectivity index (χ0) is 12.7. The Kier molecular flexibility index (Phi) is 6.32. The van der Waals surface area contributed by atoms with Crippen LogP contribution in [0, 0.1) is 5.92 Å². The van der Waals surface area contributed by atoms with Crippen LogP contribution in [0.3, 0.4) is 0 Å². The standard InChI is InChI=1S/C17H27/c1-5-7-10-15-12-9-13-16(11-8-6-2)17(15)14(3)4/h9,12-13H,5-8,10-11H2,1-4H3. The molecule has 0 aliphatic heterocycles. The quantitative estimate of drug-likeness (QED) is 0.594. The van der Waals surface area contributed by atoms with Crippen LogP contribution in [0.15, 0.2) is 18.2 Å². The van der Waals surface area contributed by atoms with Crippen molar-refractivity contribution in [3.63, 3.8) is 0 Å². The molecule has 17 heavy (non-hydrogen) atoms. The van der Waals surface area contributed by atoms with Crippen LogP contribution in [0.25, 0.3) is 0 Å². The van der Waals surface area contributed by atoms with Crippen molar-refractivity contribution >= 4 is 0 Å². The Morgan fingerprint density at radius 2 is 1.35 bits per heavy atom. The Morgan fingerprint density at radius 1 is 0.882 bits per heavy atom. The van der Waals surface area contributed by atoms with E-state index in [1.54, 1.807) is 16.7 Å². The van der Waals surface area contributed by atoms with Crippen molar-refractivity contribution in [3.05, 3.63) is 40.8 Å². The van der Waals surface area contributed by atoms with E-state index >= 15 is 0 Å². The van der Waals surface area contributed by atoms with E-state index in [1.165, 1.54) is 44.4 Å². The molecule has 0 atom stereocenters. The van der Waals surface area contributed by atoms with Crippen LogP contribution in [0.1, 0.15) is 70.1 Å². The normalized spacial score (nSPS) is 11.1. The first-order valence-electron chi connectivity index (χ1n) is 7.12. The number of aryl methyl sites for hydroxylation is 2. The van der Waals surface area contributed by atoms with E-state index in [1.807, 2.05) is 0 Å². The van der Waals surface area contributed by atoms with Gasteiger partial charge in [-0.1, -0.05) is 58.7 Å². The minimum absolute atomic E-state index is 1.23.